The highest BCUT2D eigenvalue weighted by atomic mass is 14.8. The Morgan fingerprint density at radius 1 is 0.188 bits per heavy atom. The Labute approximate surface area is 369 Å². The number of rotatable bonds is 9. The molecule has 0 amide bonds. The highest BCUT2D eigenvalue weighted by molar-refractivity contribution is 5.89. The minimum atomic E-state index is 0.706. The number of benzene rings is 2. The molecule has 0 atom stereocenters. The van der Waals surface area contributed by atoms with E-state index in [1.165, 1.54) is 5.39 Å². The predicted octanol–water partition coefficient (Wildman–Crippen LogP) is 12.4. The number of aromatic nitrogens is 9. The third-order valence-electron chi connectivity index (χ3n) is 11.0. The second-order valence-corrected chi connectivity index (χ2v) is 15.2. The fraction of sp³-hybridized carbons (Fsp3) is 0. The summed E-state index contributed by atoms with van der Waals surface area (Å²) in [4.78, 5) is 43.6. The van der Waals surface area contributed by atoms with Crippen molar-refractivity contribution >= 4 is 10.8 Å². The van der Waals surface area contributed by atoms with E-state index in [4.69, 9.17) is 24.9 Å². The standard InChI is InChI=1S/C55H35N9/c1-2-12-37-27-38(18-17-36(37)11-1)41-34-54(48-28-39(19-25-60-48)42-30-50(44-13-3-7-21-56-44)62-51(31-42)45-14-4-8-22-57-45)64-55(35-41)49-29-40(20-26-61-49)43-32-52(46-15-5-9-23-58-46)63-53(33-43)47-16-6-10-24-59-47/h1-35H. The van der Waals surface area contributed by atoms with Crippen molar-refractivity contribution in [2.75, 3.05) is 0 Å². The van der Waals surface area contributed by atoms with Crippen LogP contribution in [-0.4, -0.2) is 44.9 Å². The minimum Gasteiger partial charge on any atom is -0.255 e. The molecule has 11 rings (SSSR count). The third-order valence-corrected chi connectivity index (χ3v) is 11.0. The lowest BCUT2D eigenvalue weighted by molar-refractivity contribution is 1.21. The lowest BCUT2D eigenvalue weighted by Crippen LogP contribution is -1.97. The molecule has 0 radical (unpaired) electrons. The van der Waals surface area contributed by atoms with Crippen LogP contribution in [0.2, 0.25) is 0 Å². The average Bonchev–Trinajstić information content (AvgIpc) is 3.39. The van der Waals surface area contributed by atoms with E-state index in [2.05, 4.69) is 111 Å². The molecule has 0 saturated heterocycles. The van der Waals surface area contributed by atoms with Crippen LogP contribution in [0.4, 0.5) is 0 Å². The molecule has 0 aliphatic heterocycles. The maximum atomic E-state index is 5.30. The van der Waals surface area contributed by atoms with Crippen LogP contribution in [0, 0.1) is 0 Å². The van der Waals surface area contributed by atoms with Gasteiger partial charge in [0.05, 0.1) is 68.3 Å². The Hall–Kier alpha value is -8.95. The molecule has 9 aromatic heterocycles. The van der Waals surface area contributed by atoms with Gasteiger partial charge in [0.1, 0.15) is 0 Å². The van der Waals surface area contributed by atoms with Gasteiger partial charge < -0.3 is 0 Å². The zero-order valence-electron chi connectivity index (χ0n) is 34.2. The first kappa shape index (κ1) is 38.0. The van der Waals surface area contributed by atoms with Crippen molar-refractivity contribution in [1.82, 2.24) is 44.9 Å². The average molecular weight is 822 g/mol. The number of fused-ring (bicyclic) bond motifs is 1. The molecule has 0 saturated carbocycles. The van der Waals surface area contributed by atoms with Crippen LogP contribution in [-0.2, 0) is 0 Å². The molecule has 9 nitrogen and oxygen atoms in total. The van der Waals surface area contributed by atoms with E-state index >= 15 is 0 Å². The molecule has 9 heteroatoms. The second kappa shape index (κ2) is 16.8. The maximum absolute atomic E-state index is 5.30. The molecule has 0 spiro atoms. The Kier molecular flexibility index (Phi) is 10.00. The highest BCUT2D eigenvalue weighted by Crippen LogP contribution is 2.36. The Morgan fingerprint density at radius 3 is 0.875 bits per heavy atom. The van der Waals surface area contributed by atoms with E-state index < -0.39 is 0 Å². The predicted molar refractivity (Wildman–Crippen MR) is 253 cm³/mol. The molecule has 2 aromatic carbocycles. The summed E-state index contributed by atoms with van der Waals surface area (Å²) < 4.78 is 0. The van der Waals surface area contributed by atoms with Gasteiger partial charge in [-0.2, -0.15) is 0 Å². The van der Waals surface area contributed by atoms with E-state index in [-0.39, 0.29) is 0 Å². The van der Waals surface area contributed by atoms with Gasteiger partial charge in [-0.05, 0) is 159 Å². The smallest absolute Gasteiger partial charge is 0.0900 e. The van der Waals surface area contributed by atoms with Crippen molar-refractivity contribution in [2.45, 2.75) is 0 Å². The molecule has 64 heavy (non-hydrogen) atoms. The molecule has 0 aliphatic rings. The zero-order valence-corrected chi connectivity index (χ0v) is 34.2. The summed E-state index contributed by atoms with van der Waals surface area (Å²) in [5, 5.41) is 2.32. The monoisotopic (exact) mass is 821 g/mol. The Balaban J connectivity index is 1.05. The molecular weight excluding hydrogens is 787 g/mol. The first-order valence-corrected chi connectivity index (χ1v) is 20.8. The van der Waals surface area contributed by atoms with Gasteiger partial charge in [0.2, 0.25) is 0 Å². The van der Waals surface area contributed by atoms with Crippen LogP contribution < -0.4 is 0 Å². The summed E-state index contributed by atoms with van der Waals surface area (Å²) in [6, 6.07) is 58.9. The van der Waals surface area contributed by atoms with Gasteiger partial charge in [-0.1, -0.05) is 60.7 Å². The molecule has 0 fully saturated rings. The van der Waals surface area contributed by atoms with E-state index in [1.807, 2.05) is 97.3 Å². The highest BCUT2D eigenvalue weighted by Gasteiger charge is 2.17. The van der Waals surface area contributed by atoms with Crippen LogP contribution in [0.15, 0.2) is 213 Å². The SMILES string of the molecule is c1ccc(-c2cc(-c3ccnc(-c4cc(-c5ccc6ccccc6c5)cc(-c5cc(-c6cc(-c7ccccn7)nc(-c7ccccn7)c6)ccn5)n4)c3)cc(-c3ccccn3)n2)nc1. The van der Waals surface area contributed by atoms with Crippen LogP contribution in [0.1, 0.15) is 0 Å². The number of hydrogen-bond acceptors (Lipinski definition) is 9. The van der Waals surface area contributed by atoms with Gasteiger partial charge in [0, 0.05) is 37.2 Å². The fourth-order valence-electron chi connectivity index (χ4n) is 7.81. The second-order valence-electron chi connectivity index (χ2n) is 15.2. The van der Waals surface area contributed by atoms with Crippen LogP contribution >= 0.6 is 0 Å². The van der Waals surface area contributed by atoms with Crippen molar-refractivity contribution in [3.05, 3.63) is 213 Å². The molecule has 0 unspecified atom stereocenters. The molecule has 11 aromatic rings. The van der Waals surface area contributed by atoms with Gasteiger partial charge in [-0.3, -0.25) is 29.9 Å². The van der Waals surface area contributed by atoms with Crippen LogP contribution in [0.25, 0.3) is 112 Å². The Morgan fingerprint density at radius 2 is 0.500 bits per heavy atom. The summed E-state index contributed by atoms with van der Waals surface area (Å²) in [7, 11) is 0. The van der Waals surface area contributed by atoms with Gasteiger partial charge >= 0.3 is 0 Å². The van der Waals surface area contributed by atoms with Gasteiger partial charge in [-0.25, -0.2) is 15.0 Å². The summed E-state index contributed by atoms with van der Waals surface area (Å²) >= 11 is 0. The van der Waals surface area contributed by atoms with E-state index in [1.54, 1.807) is 24.8 Å². The van der Waals surface area contributed by atoms with Gasteiger partial charge in [0.15, 0.2) is 0 Å². The maximum Gasteiger partial charge on any atom is 0.0900 e. The van der Waals surface area contributed by atoms with Crippen molar-refractivity contribution in [3.63, 3.8) is 0 Å². The van der Waals surface area contributed by atoms with Crippen molar-refractivity contribution in [3.8, 4) is 102 Å². The lowest BCUT2D eigenvalue weighted by atomic mass is 9.98. The minimum absolute atomic E-state index is 0.706. The summed E-state index contributed by atoms with van der Waals surface area (Å²) in [6.07, 6.45) is 10.8. The Bertz CT molecular complexity index is 3140. The molecule has 0 N–H and O–H groups in total. The topological polar surface area (TPSA) is 116 Å². The summed E-state index contributed by atoms with van der Waals surface area (Å²) in [5.74, 6) is 0. The quantitative estimate of drug-likeness (QED) is 0.140. The first-order valence-electron chi connectivity index (χ1n) is 20.8. The molecular formula is C55H35N9. The van der Waals surface area contributed by atoms with Crippen molar-refractivity contribution in [2.24, 2.45) is 0 Å². The molecule has 0 aliphatic carbocycles. The van der Waals surface area contributed by atoms with Crippen LogP contribution in [0.3, 0.4) is 0 Å². The first-order chi connectivity index (χ1) is 31.7. The normalized spacial score (nSPS) is 11.1. The zero-order chi connectivity index (χ0) is 42.7. The summed E-state index contributed by atoms with van der Waals surface area (Å²) in [5.41, 5.74) is 14.7. The third kappa shape index (κ3) is 7.88. The van der Waals surface area contributed by atoms with E-state index in [0.29, 0.717) is 22.8 Å². The van der Waals surface area contributed by atoms with Gasteiger partial charge in [0.25, 0.3) is 0 Å². The lowest BCUT2D eigenvalue weighted by Gasteiger charge is -2.13. The van der Waals surface area contributed by atoms with Gasteiger partial charge in [-0.15, -0.1) is 0 Å². The fourth-order valence-corrected chi connectivity index (χ4v) is 7.81. The van der Waals surface area contributed by atoms with Crippen LogP contribution in [0.5, 0.6) is 0 Å². The van der Waals surface area contributed by atoms with E-state index in [9.17, 15) is 0 Å². The largest absolute Gasteiger partial charge is 0.255 e. The van der Waals surface area contributed by atoms with Crippen molar-refractivity contribution < 1.29 is 0 Å². The number of hydrogen-bond donors (Lipinski definition) is 0. The molecule has 0 bridgehead atoms. The molecule has 300 valence electrons. The van der Waals surface area contributed by atoms with E-state index in [0.717, 1.165) is 84.3 Å². The molecule has 9 heterocycles. The number of pyridine rings is 9. The number of nitrogens with zero attached hydrogens (tertiary/aromatic N) is 9. The van der Waals surface area contributed by atoms with Crippen molar-refractivity contribution in [1.29, 1.82) is 0 Å². The summed E-state index contributed by atoms with van der Waals surface area (Å²) in [6.45, 7) is 0.